The molecule has 1 rings (SSSR count). The second kappa shape index (κ2) is 11.6. The Morgan fingerprint density at radius 2 is 1.91 bits per heavy atom. The summed E-state index contributed by atoms with van der Waals surface area (Å²) in [6, 6.07) is 6.60. The van der Waals surface area contributed by atoms with Crippen LogP contribution in [0.4, 0.5) is 4.39 Å². The van der Waals surface area contributed by atoms with Crippen molar-refractivity contribution in [1.82, 2.24) is 10.6 Å². The Bertz CT molecular complexity index is 479. The Morgan fingerprint density at radius 1 is 1.22 bits per heavy atom. The molecular weight excluding hydrogens is 408 g/mol. The van der Waals surface area contributed by atoms with Gasteiger partial charge in [0.1, 0.15) is 5.82 Å². The van der Waals surface area contributed by atoms with Crippen LogP contribution in [0.3, 0.4) is 0 Å². The maximum absolute atomic E-state index is 13.1. The van der Waals surface area contributed by atoms with Crippen LogP contribution in [0.2, 0.25) is 0 Å². The maximum atomic E-state index is 13.1. The van der Waals surface area contributed by atoms with E-state index in [1.165, 1.54) is 6.07 Å². The van der Waals surface area contributed by atoms with E-state index >= 15 is 0 Å². The number of hydrogen-bond donors (Lipinski definition) is 3. The summed E-state index contributed by atoms with van der Waals surface area (Å²) in [5.74, 6) is 0.466. The first-order valence-corrected chi connectivity index (χ1v) is 8.02. The van der Waals surface area contributed by atoms with Crippen molar-refractivity contribution in [2.45, 2.75) is 45.6 Å². The van der Waals surface area contributed by atoms with E-state index in [2.05, 4.69) is 15.6 Å². The number of guanidine groups is 1. The summed E-state index contributed by atoms with van der Waals surface area (Å²) in [6.45, 7) is 7.70. The Labute approximate surface area is 156 Å². The first kappa shape index (κ1) is 22.1. The molecular formula is C17H29FIN3O. The zero-order valence-electron chi connectivity index (χ0n) is 14.2. The number of aliphatic imine (C=N–C) groups is 1. The van der Waals surface area contributed by atoms with Gasteiger partial charge < -0.3 is 15.7 Å². The van der Waals surface area contributed by atoms with E-state index in [1.807, 2.05) is 26.8 Å². The summed E-state index contributed by atoms with van der Waals surface area (Å²) >= 11 is 0. The molecule has 0 aromatic heterocycles. The molecule has 1 aromatic rings. The van der Waals surface area contributed by atoms with Crippen molar-refractivity contribution in [2.75, 3.05) is 19.6 Å². The first-order chi connectivity index (χ1) is 10.5. The SMILES string of the molecule is CCNC(=NCC(O)(CC)CC)NCCc1cccc(F)c1.I. The van der Waals surface area contributed by atoms with Crippen molar-refractivity contribution in [3.63, 3.8) is 0 Å². The van der Waals surface area contributed by atoms with Crippen LogP contribution in [0.1, 0.15) is 39.2 Å². The molecule has 23 heavy (non-hydrogen) atoms. The molecule has 0 atom stereocenters. The number of halogens is 2. The van der Waals surface area contributed by atoms with Crippen molar-refractivity contribution in [1.29, 1.82) is 0 Å². The normalized spacial score (nSPS) is 11.8. The fraction of sp³-hybridized carbons (Fsp3) is 0.588. The van der Waals surface area contributed by atoms with E-state index in [9.17, 15) is 9.50 Å². The van der Waals surface area contributed by atoms with Gasteiger partial charge >= 0.3 is 0 Å². The van der Waals surface area contributed by atoms with Gasteiger partial charge in [0.2, 0.25) is 0 Å². The largest absolute Gasteiger partial charge is 0.388 e. The molecule has 0 fully saturated rings. The average molecular weight is 437 g/mol. The van der Waals surface area contributed by atoms with Crippen LogP contribution in [0.15, 0.2) is 29.3 Å². The van der Waals surface area contributed by atoms with Gasteiger partial charge in [-0.1, -0.05) is 26.0 Å². The van der Waals surface area contributed by atoms with Gasteiger partial charge in [-0.05, 0) is 43.9 Å². The molecule has 1 aromatic carbocycles. The van der Waals surface area contributed by atoms with Gasteiger partial charge in [-0.15, -0.1) is 24.0 Å². The van der Waals surface area contributed by atoms with Gasteiger partial charge in [-0.25, -0.2) is 4.39 Å². The third kappa shape index (κ3) is 8.50. The van der Waals surface area contributed by atoms with Crippen LogP contribution in [0.5, 0.6) is 0 Å². The summed E-state index contributed by atoms with van der Waals surface area (Å²) in [5.41, 5.74) is 0.201. The molecule has 0 amide bonds. The highest BCUT2D eigenvalue weighted by Crippen LogP contribution is 2.14. The fourth-order valence-corrected chi connectivity index (χ4v) is 2.06. The smallest absolute Gasteiger partial charge is 0.191 e. The lowest BCUT2D eigenvalue weighted by molar-refractivity contribution is 0.0418. The van der Waals surface area contributed by atoms with Crippen LogP contribution in [0, 0.1) is 5.82 Å². The minimum absolute atomic E-state index is 0. The molecule has 0 aliphatic carbocycles. The van der Waals surface area contributed by atoms with Gasteiger partial charge in [-0.2, -0.15) is 0 Å². The molecule has 0 unspecified atom stereocenters. The van der Waals surface area contributed by atoms with Crippen molar-refractivity contribution in [3.05, 3.63) is 35.6 Å². The fourth-order valence-electron chi connectivity index (χ4n) is 2.06. The van der Waals surface area contributed by atoms with E-state index < -0.39 is 5.60 Å². The van der Waals surface area contributed by atoms with Gasteiger partial charge in [0.05, 0.1) is 12.1 Å². The van der Waals surface area contributed by atoms with Crippen LogP contribution >= 0.6 is 24.0 Å². The molecule has 0 saturated heterocycles. The molecule has 0 aliphatic heterocycles. The Kier molecular flexibility index (Phi) is 11.2. The lowest BCUT2D eigenvalue weighted by Crippen LogP contribution is -2.40. The molecule has 6 heteroatoms. The molecule has 0 spiro atoms. The van der Waals surface area contributed by atoms with Gasteiger partial charge in [0.15, 0.2) is 5.96 Å². The highest BCUT2D eigenvalue weighted by Gasteiger charge is 2.21. The number of nitrogens with zero attached hydrogens (tertiary/aromatic N) is 1. The van der Waals surface area contributed by atoms with E-state index in [0.717, 1.165) is 12.1 Å². The van der Waals surface area contributed by atoms with Crippen molar-refractivity contribution < 1.29 is 9.50 Å². The first-order valence-electron chi connectivity index (χ1n) is 8.02. The summed E-state index contributed by atoms with van der Waals surface area (Å²) in [4.78, 5) is 4.45. The van der Waals surface area contributed by atoms with E-state index in [-0.39, 0.29) is 29.8 Å². The third-order valence-corrected chi connectivity index (χ3v) is 3.79. The standard InChI is InChI=1S/C17H28FN3O.HI/c1-4-17(22,5-2)13-21-16(19-6-3)20-11-10-14-8-7-9-15(18)12-14;/h7-9,12,22H,4-6,10-11,13H2,1-3H3,(H2,19,20,21);1H. The Morgan fingerprint density at radius 3 is 2.48 bits per heavy atom. The van der Waals surface area contributed by atoms with Crippen LogP contribution < -0.4 is 10.6 Å². The van der Waals surface area contributed by atoms with Crippen molar-refractivity contribution in [2.24, 2.45) is 4.99 Å². The Balaban J connectivity index is 0.00000484. The predicted molar refractivity (Wildman–Crippen MR) is 105 cm³/mol. The van der Waals surface area contributed by atoms with Crippen LogP contribution in [0.25, 0.3) is 0 Å². The summed E-state index contributed by atoms with van der Waals surface area (Å²) in [7, 11) is 0. The number of rotatable bonds is 8. The molecule has 3 N–H and O–H groups in total. The number of aliphatic hydroxyl groups is 1. The lowest BCUT2D eigenvalue weighted by Gasteiger charge is -2.23. The van der Waals surface area contributed by atoms with Gasteiger partial charge in [0, 0.05) is 13.1 Å². The highest BCUT2D eigenvalue weighted by atomic mass is 127. The molecule has 4 nitrogen and oxygen atoms in total. The Hall–Kier alpha value is -0.890. The predicted octanol–water partition coefficient (Wildman–Crippen LogP) is 3.09. The van der Waals surface area contributed by atoms with Gasteiger partial charge in [-0.3, -0.25) is 4.99 Å². The van der Waals surface area contributed by atoms with Crippen LogP contribution in [-0.4, -0.2) is 36.3 Å². The molecule has 0 radical (unpaired) electrons. The second-order valence-corrected chi connectivity index (χ2v) is 5.43. The summed E-state index contributed by atoms with van der Waals surface area (Å²) < 4.78 is 13.1. The van der Waals surface area contributed by atoms with Crippen LogP contribution in [-0.2, 0) is 6.42 Å². The second-order valence-electron chi connectivity index (χ2n) is 5.43. The number of hydrogen-bond acceptors (Lipinski definition) is 2. The third-order valence-electron chi connectivity index (χ3n) is 3.79. The average Bonchev–Trinajstić information content (AvgIpc) is 2.52. The summed E-state index contributed by atoms with van der Waals surface area (Å²) in [5, 5.41) is 16.6. The molecule has 132 valence electrons. The zero-order chi connectivity index (χ0) is 16.4. The maximum Gasteiger partial charge on any atom is 0.191 e. The molecule has 0 aliphatic rings. The number of benzene rings is 1. The highest BCUT2D eigenvalue weighted by molar-refractivity contribution is 14.0. The van der Waals surface area contributed by atoms with Gasteiger partial charge in [0.25, 0.3) is 0 Å². The quantitative estimate of drug-likeness (QED) is 0.333. The molecule has 0 saturated carbocycles. The summed E-state index contributed by atoms with van der Waals surface area (Å²) in [6.07, 6.45) is 2.07. The minimum atomic E-state index is -0.745. The minimum Gasteiger partial charge on any atom is -0.388 e. The van der Waals surface area contributed by atoms with Crippen molar-refractivity contribution >= 4 is 29.9 Å². The monoisotopic (exact) mass is 437 g/mol. The zero-order valence-corrected chi connectivity index (χ0v) is 16.6. The lowest BCUT2D eigenvalue weighted by atomic mass is 9.98. The van der Waals surface area contributed by atoms with E-state index in [1.54, 1.807) is 12.1 Å². The molecule has 0 bridgehead atoms. The molecule has 0 heterocycles. The van der Waals surface area contributed by atoms with E-state index in [0.29, 0.717) is 38.3 Å². The topological polar surface area (TPSA) is 56.7 Å². The van der Waals surface area contributed by atoms with Crippen molar-refractivity contribution in [3.8, 4) is 0 Å². The van der Waals surface area contributed by atoms with E-state index in [4.69, 9.17) is 0 Å². The number of nitrogens with one attached hydrogen (secondary N) is 2.